The number of rotatable bonds is 11. The molecule has 0 bridgehead atoms. The van der Waals surface area contributed by atoms with Crippen molar-refractivity contribution in [1.29, 1.82) is 0 Å². The van der Waals surface area contributed by atoms with Crippen LogP contribution in [0.15, 0.2) is 60.9 Å². The molecule has 0 unspecified atom stereocenters. The zero-order valence-electron chi connectivity index (χ0n) is 19.9. The first-order valence-corrected chi connectivity index (χ1v) is 12.1. The van der Waals surface area contributed by atoms with Crippen molar-refractivity contribution >= 4 is 11.6 Å². The highest BCUT2D eigenvalue weighted by atomic mass is 35.5. The number of benzene rings is 2. The number of nitrogens with zero attached hydrogens (tertiary/aromatic N) is 3. The fourth-order valence-corrected chi connectivity index (χ4v) is 4.12. The summed E-state index contributed by atoms with van der Waals surface area (Å²) in [5, 5.41) is 16.0. The number of hydrogen-bond acceptors (Lipinski definition) is 7. The molecule has 0 amide bonds. The third-order valence-electron chi connectivity index (χ3n) is 5.74. The fraction of sp³-hybridized carbons (Fsp3) is 0.423. The Bertz CT molecular complexity index is 1050. The predicted molar refractivity (Wildman–Crippen MR) is 133 cm³/mol. The van der Waals surface area contributed by atoms with Gasteiger partial charge in [-0.15, -0.1) is 0 Å². The molecular weight excluding hydrogens is 470 g/mol. The Morgan fingerprint density at radius 1 is 1.14 bits per heavy atom. The molecule has 1 fully saturated rings. The predicted octanol–water partition coefficient (Wildman–Crippen LogP) is 3.66. The van der Waals surface area contributed by atoms with Gasteiger partial charge in [0.05, 0.1) is 26.9 Å². The Hall–Kier alpha value is -2.78. The highest BCUT2D eigenvalue weighted by Crippen LogP contribution is 2.29. The average molecular weight is 502 g/mol. The normalized spacial score (nSPS) is 18.7. The minimum absolute atomic E-state index is 0.125. The third kappa shape index (κ3) is 7.60. The Balaban J connectivity index is 1.32. The number of aryl methyl sites for hydroxylation is 1. The van der Waals surface area contributed by atoms with Crippen LogP contribution in [0.2, 0.25) is 5.02 Å². The lowest BCUT2D eigenvalue weighted by atomic mass is 10.1. The van der Waals surface area contributed by atoms with E-state index in [1.165, 1.54) is 0 Å². The van der Waals surface area contributed by atoms with Crippen LogP contribution in [0.5, 0.6) is 17.2 Å². The van der Waals surface area contributed by atoms with Crippen LogP contribution in [-0.2, 0) is 17.8 Å². The van der Waals surface area contributed by atoms with Gasteiger partial charge < -0.3 is 24.1 Å². The van der Waals surface area contributed by atoms with Gasteiger partial charge in [0.2, 0.25) is 0 Å². The van der Waals surface area contributed by atoms with Crippen LogP contribution in [0.3, 0.4) is 0 Å². The van der Waals surface area contributed by atoms with E-state index >= 15 is 0 Å². The zero-order chi connectivity index (χ0) is 24.5. The summed E-state index contributed by atoms with van der Waals surface area (Å²) in [7, 11) is 1.64. The molecule has 0 spiro atoms. The van der Waals surface area contributed by atoms with Gasteiger partial charge in [0.25, 0.3) is 0 Å². The van der Waals surface area contributed by atoms with E-state index in [2.05, 4.69) is 10.00 Å². The molecule has 9 heteroatoms. The molecule has 8 nitrogen and oxygen atoms in total. The zero-order valence-corrected chi connectivity index (χ0v) is 20.7. The van der Waals surface area contributed by atoms with E-state index in [0.29, 0.717) is 55.1 Å². The lowest BCUT2D eigenvalue weighted by Gasteiger charge is -2.30. The van der Waals surface area contributed by atoms with Gasteiger partial charge in [-0.05, 0) is 48.0 Å². The van der Waals surface area contributed by atoms with Crippen LogP contribution in [-0.4, -0.2) is 72.0 Å². The minimum atomic E-state index is -1.13. The van der Waals surface area contributed by atoms with Crippen molar-refractivity contribution in [3.8, 4) is 17.2 Å². The topological polar surface area (TPSA) is 78.2 Å². The number of hydrogen-bond donors (Lipinski definition) is 1. The van der Waals surface area contributed by atoms with Gasteiger partial charge in [-0.1, -0.05) is 17.7 Å². The Labute approximate surface area is 210 Å². The molecule has 1 atom stereocenters. The van der Waals surface area contributed by atoms with Crippen LogP contribution in [0.25, 0.3) is 0 Å². The highest BCUT2D eigenvalue weighted by Gasteiger charge is 2.33. The number of methoxy groups -OCH3 is 1. The second-order valence-corrected chi connectivity index (χ2v) is 9.12. The SMILES string of the molecule is COc1cc(CN2CCOC[C@](O)(COc3ccc(Cl)cc3)C2)ccc1OCCCn1cccn1. The van der Waals surface area contributed by atoms with Crippen molar-refractivity contribution in [1.82, 2.24) is 14.7 Å². The van der Waals surface area contributed by atoms with Crippen molar-refractivity contribution in [2.45, 2.75) is 25.1 Å². The van der Waals surface area contributed by atoms with Crippen molar-refractivity contribution in [2.24, 2.45) is 0 Å². The van der Waals surface area contributed by atoms with Gasteiger partial charge in [0.15, 0.2) is 11.5 Å². The second-order valence-electron chi connectivity index (χ2n) is 8.69. The summed E-state index contributed by atoms with van der Waals surface area (Å²) in [4.78, 5) is 2.16. The van der Waals surface area contributed by atoms with Crippen LogP contribution in [0, 0.1) is 0 Å². The van der Waals surface area contributed by atoms with Crippen molar-refractivity contribution in [2.75, 3.05) is 46.6 Å². The van der Waals surface area contributed by atoms with Gasteiger partial charge >= 0.3 is 0 Å². The van der Waals surface area contributed by atoms with Gasteiger partial charge in [-0.3, -0.25) is 9.58 Å². The number of aromatic nitrogens is 2. The quantitative estimate of drug-likeness (QED) is 0.402. The van der Waals surface area contributed by atoms with E-state index < -0.39 is 5.60 Å². The van der Waals surface area contributed by atoms with E-state index in [0.717, 1.165) is 18.5 Å². The smallest absolute Gasteiger partial charge is 0.161 e. The average Bonchev–Trinajstić information content (AvgIpc) is 3.31. The van der Waals surface area contributed by atoms with Gasteiger partial charge in [-0.2, -0.15) is 5.10 Å². The molecule has 0 saturated carbocycles. The molecule has 1 N–H and O–H groups in total. The first-order valence-electron chi connectivity index (χ1n) is 11.7. The molecule has 2 heterocycles. The number of halogens is 1. The molecule has 4 rings (SSSR count). The lowest BCUT2D eigenvalue weighted by Crippen LogP contribution is -2.48. The van der Waals surface area contributed by atoms with Crippen LogP contribution < -0.4 is 14.2 Å². The van der Waals surface area contributed by atoms with E-state index in [1.807, 2.05) is 35.1 Å². The maximum atomic E-state index is 11.2. The maximum absolute atomic E-state index is 11.2. The number of ether oxygens (including phenoxy) is 4. The second kappa shape index (κ2) is 12.3. The molecule has 1 aliphatic rings. The van der Waals surface area contributed by atoms with Crippen LogP contribution >= 0.6 is 11.6 Å². The largest absolute Gasteiger partial charge is 0.493 e. The van der Waals surface area contributed by atoms with E-state index in [9.17, 15) is 5.11 Å². The Morgan fingerprint density at radius 2 is 2.00 bits per heavy atom. The van der Waals surface area contributed by atoms with E-state index in [-0.39, 0.29) is 13.2 Å². The molecule has 3 aromatic rings. The summed E-state index contributed by atoms with van der Waals surface area (Å²) in [6, 6.07) is 15.0. The van der Waals surface area contributed by atoms with Crippen LogP contribution in [0.1, 0.15) is 12.0 Å². The van der Waals surface area contributed by atoms with Crippen molar-refractivity contribution < 1.29 is 24.1 Å². The molecule has 0 radical (unpaired) electrons. The Morgan fingerprint density at radius 3 is 2.77 bits per heavy atom. The summed E-state index contributed by atoms with van der Waals surface area (Å²) >= 11 is 5.94. The van der Waals surface area contributed by atoms with Gasteiger partial charge in [0, 0.05) is 50.0 Å². The molecule has 0 aliphatic carbocycles. The van der Waals surface area contributed by atoms with Gasteiger partial charge in [0.1, 0.15) is 18.0 Å². The van der Waals surface area contributed by atoms with Crippen molar-refractivity contribution in [3.05, 3.63) is 71.5 Å². The van der Waals surface area contributed by atoms with E-state index in [1.54, 1.807) is 37.6 Å². The minimum Gasteiger partial charge on any atom is -0.493 e. The fourth-order valence-electron chi connectivity index (χ4n) is 4.00. The first-order chi connectivity index (χ1) is 17.0. The summed E-state index contributed by atoms with van der Waals surface area (Å²) in [6.45, 7) is 4.02. The highest BCUT2D eigenvalue weighted by molar-refractivity contribution is 6.30. The number of β-amino-alcohol motifs (C(OH)–C–C–N with tert-alkyl or cyclic N) is 1. The molecule has 188 valence electrons. The summed E-state index contributed by atoms with van der Waals surface area (Å²) in [5.41, 5.74) is -0.0636. The molecule has 1 aliphatic heterocycles. The number of aliphatic hydroxyl groups is 1. The first kappa shape index (κ1) is 25.3. The van der Waals surface area contributed by atoms with Gasteiger partial charge in [-0.25, -0.2) is 0 Å². The summed E-state index contributed by atoms with van der Waals surface area (Å²) in [6.07, 6.45) is 4.55. The monoisotopic (exact) mass is 501 g/mol. The van der Waals surface area contributed by atoms with Crippen molar-refractivity contribution in [3.63, 3.8) is 0 Å². The van der Waals surface area contributed by atoms with E-state index in [4.69, 9.17) is 30.5 Å². The maximum Gasteiger partial charge on any atom is 0.161 e. The molecular formula is C26H32ClN3O5. The molecule has 1 saturated heterocycles. The molecule has 1 aromatic heterocycles. The summed E-state index contributed by atoms with van der Waals surface area (Å²) in [5.74, 6) is 2.06. The van der Waals surface area contributed by atoms with Crippen LogP contribution in [0.4, 0.5) is 0 Å². The Kier molecular flexibility index (Phi) is 8.87. The lowest BCUT2D eigenvalue weighted by molar-refractivity contribution is -0.0646. The molecule has 2 aromatic carbocycles. The summed E-state index contributed by atoms with van der Waals surface area (Å²) < 4.78 is 24.9. The molecule has 35 heavy (non-hydrogen) atoms. The standard InChI is InChI=1S/C26H32ClN3O5/c1-32-25-16-21(4-9-24(25)34-14-3-12-30-11-2-10-28-30)17-29-13-15-33-19-26(31,18-29)20-35-23-7-5-22(27)6-8-23/h2,4-11,16,31H,3,12-15,17-20H2,1H3/t26-/m0/s1. The third-order valence-corrected chi connectivity index (χ3v) is 6.00.